The maximum absolute atomic E-state index is 12.5. The molecule has 1 fully saturated rings. The van der Waals surface area contributed by atoms with Gasteiger partial charge in [-0.3, -0.25) is 9.59 Å². The molecule has 1 amide bonds. The molecule has 0 saturated carbocycles. The number of nitrogens with one attached hydrogen (secondary N) is 1. The zero-order valence-corrected chi connectivity index (χ0v) is 13.0. The van der Waals surface area contributed by atoms with E-state index in [0.29, 0.717) is 24.3 Å². The van der Waals surface area contributed by atoms with Crippen molar-refractivity contribution in [3.05, 3.63) is 51.7 Å². The lowest BCUT2D eigenvalue weighted by atomic mass is 9.93. The number of hydrogen-bond donors (Lipinski definition) is 2. The van der Waals surface area contributed by atoms with Crippen molar-refractivity contribution in [2.45, 2.75) is 25.7 Å². The Bertz CT molecular complexity index is 778. The largest absolute Gasteiger partial charge is 0.368 e. The van der Waals surface area contributed by atoms with Crippen LogP contribution in [0.15, 0.2) is 29.2 Å². The molecular formula is C16H19N5O2. The molecule has 0 spiro atoms. The van der Waals surface area contributed by atoms with E-state index < -0.39 is 0 Å². The number of pyridine rings is 1. The number of rotatable bonds is 2. The molecule has 120 valence electrons. The van der Waals surface area contributed by atoms with E-state index in [1.165, 1.54) is 6.07 Å². The minimum atomic E-state index is -0.250. The Kier molecular flexibility index (Phi) is 4.10. The van der Waals surface area contributed by atoms with Crippen LogP contribution in [-0.4, -0.2) is 38.8 Å². The Morgan fingerprint density at radius 2 is 2.09 bits per heavy atom. The van der Waals surface area contributed by atoms with E-state index in [2.05, 4.69) is 15.0 Å². The fourth-order valence-electron chi connectivity index (χ4n) is 2.98. The van der Waals surface area contributed by atoms with Gasteiger partial charge in [-0.15, -0.1) is 0 Å². The minimum absolute atomic E-state index is 0.0974. The molecule has 1 saturated heterocycles. The number of nitrogens with two attached hydrogens (primary N) is 1. The van der Waals surface area contributed by atoms with Crippen molar-refractivity contribution < 1.29 is 4.79 Å². The quantitative estimate of drug-likeness (QED) is 0.863. The zero-order chi connectivity index (χ0) is 16.4. The third-order valence-corrected chi connectivity index (χ3v) is 4.12. The van der Waals surface area contributed by atoms with E-state index in [0.717, 1.165) is 18.5 Å². The Morgan fingerprint density at radius 1 is 1.35 bits per heavy atom. The lowest BCUT2D eigenvalue weighted by Gasteiger charge is -2.31. The number of aromatic nitrogens is 3. The van der Waals surface area contributed by atoms with Crippen molar-refractivity contribution in [3.63, 3.8) is 0 Å². The van der Waals surface area contributed by atoms with Gasteiger partial charge in [0.1, 0.15) is 0 Å². The van der Waals surface area contributed by atoms with Gasteiger partial charge in [0, 0.05) is 48.2 Å². The maximum Gasteiger partial charge on any atom is 0.254 e. The van der Waals surface area contributed by atoms with Crippen molar-refractivity contribution in [2.75, 3.05) is 18.8 Å². The van der Waals surface area contributed by atoms with Gasteiger partial charge in [0.15, 0.2) is 0 Å². The molecule has 0 aliphatic carbocycles. The molecule has 3 N–H and O–H groups in total. The van der Waals surface area contributed by atoms with Gasteiger partial charge in [-0.2, -0.15) is 0 Å². The molecule has 1 aliphatic heterocycles. The molecule has 7 nitrogen and oxygen atoms in total. The average molecular weight is 313 g/mol. The number of nitrogen functional groups attached to an aromatic ring is 1. The van der Waals surface area contributed by atoms with Gasteiger partial charge in [-0.1, -0.05) is 0 Å². The van der Waals surface area contributed by atoms with E-state index in [4.69, 9.17) is 5.73 Å². The maximum atomic E-state index is 12.5. The van der Waals surface area contributed by atoms with Gasteiger partial charge in [0.05, 0.1) is 0 Å². The van der Waals surface area contributed by atoms with Crippen LogP contribution < -0.4 is 11.3 Å². The highest BCUT2D eigenvalue weighted by molar-refractivity contribution is 5.94. The molecule has 0 unspecified atom stereocenters. The SMILES string of the molecule is Cc1cc(C(=O)N2CCC(c3ccnc(N)n3)CC2)cc(=O)[nH]1. The monoisotopic (exact) mass is 313 g/mol. The number of amides is 1. The second-order valence-corrected chi connectivity index (χ2v) is 5.82. The number of H-pyrrole nitrogens is 1. The fraction of sp³-hybridized carbons (Fsp3) is 0.375. The number of nitrogens with zero attached hydrogens (tertiary/aromatic N) is 3. The Morgan fingerprint density at radius 3 is 2.74 bits per heavy atom. The van der Waals surface area contributed by atoms with Crippen LogP contribution in [0.3, 0.4) is 0 Å². The van der Waals surface area contributed by atoms with Crippen LogP contribution in [0.1, 0.15) is 40.5 Å². The van der Waals surface area contributed by atoms with E-state index in [9.17, 15) is 9.59 Å². The highest BCUT2D eigenvalue weighted by Gasteiger charge is 2.25. The molecule has 3 rings (SSSR count). The summed E-state index contributed by atoms with van der Waals surface area (Å²) in [6, 6.07) is 4.94. The Hall–Kier alpha value is -2.70. The first-order valence-electron chi connectivity index (χ1n) is 7.61. The summed E-state index contributed by atoms with van der Waals surface area (Å²) in [5.74, 6) is 0.463. The van der Waals surface area contributed by atoms with E-state index in [1.54, 1.807) is 24.1 Å². The predicted molar refractivity (Wildman–Crippen MR) is 86.1 cm³/mol. The van der Waals surface area contributed by atoms with Crippen LogP contribution in [0.25, 0.3) is 0 Å². The molecule has 0 bridgehead atoms. The summed E-state index contributed by atoms with van der Waals surface area (Å²) in [6.07, 6.45) is 3.31. The van der Waals surface area contributed by atoms with Crippen molar-refractivity contribution in [3.8, 4) is 0 Å². The van der Waals surface area contributed by atoms with Crippen LogP contribution in [0, 0.1) is 6.92 Å². The van der Waals surface area contributed by atoms with Crippen LogP contribution in [0.4, 0.5) is 5.95 Å². The molecular weight excluding hydrogens is 294 g/mol. The summed E-state index contributed by atoms with van der Waals surface area (Å²) in [6.45, 7) is 3.04. The summed E-state index contributed by atoms with van der Waals surface area (Å²) < 4.78 is 0. The second kappa shape index (κ2) is 6.20. The van der Waals surface area contributed by atoms with Crippen molar-refractivity contribution in [1.82, 2.24) is 19.9 Å². The number of likely N-dealkylation sites (tertiary alicyclic amines) is 1. The number of carbonyl (C=O) groups is 1. The summed E-state index contributed by atoms with van der Waals surface area (Å²) in [4.78, 5) is 36.7. The Balaban J connectivity index is 1.69. The molecule has 0 radical (unpaired) electrons. The topological polar surface area (TPSA) is 105 Å². The van der Waals surface area contributed by atoms with Crippen LogP contribution in [0.5, 0.6) is 0 Å². The van der Waals surface area contributed by atoms with E-state index in [1.807, 2.05) is 6.07 Å². The third-order valence-electron chi connectivity index (χ3n) is 4.12. The molecule has 0 aromatic carbocycles. The van der Waals surface area contributed by atoms with Gasteiger partial charge in [-0.05, 0) is 31.9 Å². The highest BCUT2D eigenvalue weighted by atomic mass is 16.2. The van der Waals surface area contributed by atoms with Gasteiger partial charge in [0.25, 0.3) is 5.91 Å². The first-order chi connectivity index (χ1) is 11.0. The molecule has 3 heterocycles. The molecule has 1 aliphatic rings. The van der Waals surface area contributed by atoms with Crippen LogP contribution in [-0.2, 0) is 0 Å². The lowest BCUT2D eigenvalue weighted by molar-refractivity contribution is 0.0711. The van der Waals surface area contributed by atoms with Crippen LogP contribution in [0.2, 0.25) is 0 Å². The minimum Gasteiger partial charge on any atom is -0.368 e. The standard InChI is InChI=1S/C16H19N5O2/c1-10-8-12(9-14(22)19-10)15(23)21-6-3-11(4-7-21)13-2-5-18-16(17)20-13/h2,5,8-9,11H,3-4,6-7H2,1H3,(H,19,22)(H2,17,18,20). The summed E-state index contributed by atoms with van der Waals surface area (Å²) in [5.41, 5.74) is 7.43. The number of anilines is 1. The zero-order valence-electron chi connectivity index (χ0n) is 13.0. The fourth-order valence-corrected chi connectivity index (χ4v) is 2.98. The third kappa shape index (κ3) is 3.39. The van der Waals surface area contributed by atoms with Gasteiger partial charge >= 0.3 is 0 Å². The average Bonchev–Trinajstić information content (AvgIpc) is 2.53. The molecule has 2 aromatic heterocycles. The number of hydrogen-bond acceptors (Lipinski definition) is 5. The normalized spacial score (nSPS) is 15.6. The first-order valence-corrected chi connectivity index (χ1v) is 7.61. The number of aromatic amines is 1. The van der Waals surface area contributed by atoms with E-state index >= 15 is 0 Å². The predicted octanol–water partition coefficient (Wildman–Crippen LogP) is 1.08. The summed E-state index contributed by atoms with van der Waals surface area (Å²) >= 11 is 0. The van der Waals surface area contributed by atoms with E-state index in [-0.39, 0.29) is 23.3 Å². The molecule has 7 heteroatoms. The summed E-state index contributed by atoms with van der Waals surface area (Å²) in [7, 11) is 0. The number of piperidine rings is 1. The van der Waals surface area contributed by atoms with Crippen molar-refractivity contribution in [2.24, 2.45) is 0 Å². The first kappa shape index (κ1) is 15.2. The van der Waals surface area contributed by atoms with Crippen LogP contribution >= 0.6 is 0 Å². The van der Waals surface area contributed by atoms with Gasteiger partial charge < -0.3 is 15.6 Å². The lowest BCUT2D eigenvalue weighted by Crippen LogP contribution is -2.38. The van der Waals surface area contributed by atoms with Gasteiger partial charge in [-0.25, -0.2) is 9.97 Å². The van der Waals surface area contributed by atoms with Gasteiger partial charge in [0.2, 0.25) is 11.5 Å². The summed E-state index contributed by atoms with van der Waals surface area (Å²) in [5, 5.41) is 0. The number of aryl methyl sites for hydroxylation is 1. The van der Waals surface area contributed by atoms with Crippen molar-refractivity contribution in [1.29, 1.82) is 0 Å². The molecule has 23 heavy (non-hydrogen) atoms. The second-order valence-electron chi connectivity index (χ2n) is 5.82. The van der Waals surface area contributed by atoms with Crippen molar-refractivity contribution >= 4 is 11.9 Å². The number of carbonyl (C=O) groups excluding carboxylic acids is 1. The smallest absolute Gasteiger partial charge is 0.254 e. The molecule has 2 aromatic rings. The molecule has 0 atom stereocenters. The highest BCUT2D eigenvalue weighted by Crippen LogP contribution is 2.27. The Labute approximate surface area is 133 Å².